The maximum absolute atomic E-state index is 12.2. The molecule has 100 valence electrons. The predicted molar refractivity (Wildman–Crippen MR) is 69.2 cm³/mol. The molecule has 1 amide bonds. The van der Waals surface area contributed by atoms with E-state index in [2.05, 4.69) is 0 Å². The van der Waals surface area contributed by atoms with Crippen molar-refractivity contribution in [3.05, 3.63) is 11.1 Å². The van der Waals surface area contributed by atoms with Gasteiger partial charge in [-0.05, 0) is 6.26 Å². The zero-order valence-electron chi connectivity index (χ0n) is 10.9. The third-order valence-corrected chi connectivity index (χ3v) is 3.84. The molecule has 6 heteroatoms. The van der Waals surface area contributed by atoms with Gasteiger partial charge in [0.05, 0.1) is 6.42 Å². The van der Waals surface area contributed by atoms with Crippen LogP contribution < -0.4 is 0 Å². The molecule has 1 heterocycles. The lowest BCUT2D eigenvalue weighted by molar-refractivity contribution is -0.137. The third-order valence-electron chi connectivity index (χ3n) is 2.84. The molecule has 0 aromatic carbocycles. The zero-order valence-corrected chi connectivity index (χ0v) is 11.7. The monoisotopic (exact) mass is 271 g/mol. The number of hydrogen-bond acceptors (Lipinski definition) is 4. The molecule has 0 aromatic heterocycles. The Hall–Kier alpha value is -1.30. The molecule has 0 radical (unpaired) electrons. The molecule has 1 aliphatic heterocycles. The van der Waals surface area contributed by atoms with E-state index in [1.165, 1.54) is 16.7 Å². The number of carboxylic acid groups (broad SMARTS) is 1. The Bertz CT molecular complexity index is 428. The maximum atomic E-state index is 12.2. The summed E-state index contributed by atoms with van der Waals surface area (Å²) in [6, 6.07) is 0. The Balaban J connectivity index is 3.28. The SMILES string of the molecule is CSC1C(C(=O)C(C)C)=C(CC(=O)O)C(=O)N1C. The molecule has 0 aromatic rings. The number of aliphatic carboxylic acids is 1. The van der Waals surface area contributed by atoms with E-state index >= 15 is 0 Å². The standard InChI is InChI=1S/C12H17NO4S/c1-6(2)10(16)9-7(5-8(14)15)11(17)13(3)12(9)18-4/h6,12H,5H2,1-4H3,(H,14,15). The smallest absolute Gasteiger partial charge is 0.308 e. The van der Waals surface area contributed by atoms with E-state index in [9.17, 15) is 14.4 Å². The Morgan fingerprint density at radius 2 is 2.00 bits per heavy atom. The first kappa shape index (κ1) is 14.8. The van der Waals surface area contributed by atoms with E-state index in [-0.39, 0.29) is 28.6 Å². The minimum atomic E-state index is -1.09. The van der Waals surface area contributed by atoms with Crippen LogP contribution in [0.5, 0.6) is 0 Å². The van der Waals surface area contributed by atoms with Crippen molar-refractivity contribution < 1.29 is 19.5 Å². The van der Waals surface area contributed by atoms with Crippen molar-refractivity contribution in [2.75, 3.05) is 13.3 Å². The predicted octanol–water partition coefficient (Wildman–Crippen LogP) is 1.14. The highest BCUT2D eigenvalue weighted by molar-refractivity contribution is 7.99. The van der Waals surface area contributed by atoms with Crippen molar-refractivity contribution in [1.82, 2.24) is 4.90 Å². The first-order chi connectivity index (χ1) is 8.31. The molecule has 1 aliphatic rings. The second kappa shape index (κ2) is 5.56. The fourth-order valence-electron chi connectivity index (χ4n) is 1.96. The number of amides is 1. The number of carboxylic acids is 1. The van der Waals surface area contributed by atoms with Gasteiger partial charge < -0.3 is 10.0 Å². The molecule has 0 saturated heterocycles. The lowest BCUT2D eigenvalue weighted by atomic mass is 9.96. The summed E-state index contributed by atoms with van der Waals surface area (Å²) >= 11 is 1.36. The molecule has 18 heavy (non-hydrogen) atoms. The van der Waals surface area contributed by atoms with Crippen molar-refractivity contribution in [2.45, 2.75) is 25.6 Å². The summed E-state index contributed by atoms with van der Waals surface area (Å²) in [7, 11) is 1.59. The second-order valence-electron chi connectivity index (χ2n) is 4.49. The van der Waals surface area contributed by atoms with Gasteiger partial charge in [-0.25, -0.2) is 0 Å². The van der Waals surface area contributed by atoms with Crippen LogP contribution >= 0.6 is 11.8 Å². The number of likely N-dealkylation sites (N-methyl/N-ethyl adjacent to an activating group) is 1. The van der Waals surface area contributed by atoms with Crippen LogP contribution in [0.15, 0.2) is 11.1 Å². The van der Waals surface area contributed by atoms with Crippen molar-refractivity contribution >= 4 is 29.4 Å². The van der Waals surface area contributed by atoms with Crippen LogP contribution in [0.1, 0.15) is 20.3 Å². The molecular weight excluding hydrogens is 254 g/mol. The molecule has 0 spiro atoms. The van der Waals surface area contributed by atoms with Gasteiger partial charge in [0.1, 0.15) is 5.37 Å². The molecule has 0 saturated carbocycles. The van der Waals surface area contributed by atoms with Crippen LogP contribution in [-0.4, -0.2) is 46.3 Å². The maximum Gasteiger partial charge on any atom is 0.308 e. The molecule has 1 unspecified atom stereocenters. The van der Waals surface area contributed by atoms with Gasteiger partial charge in [0, 0.05) is 24.1 Å². The van der Waals surface area contributed by atoms with Gasteiger partial charge in [0.15, 0.2) is 5.78 Å². The second-order valence-corrected chi connectivity index (χ2v) is 5.40. The largest absolute Gasteiger partial charge is 0.481 e. The Morgan fingerprint density at radius 3 is 2.39 bits per heavy atom. The average Bonchev–Trinajstić information content (AvgIpc) is 2.51. The van der Waals surface area contributed by atoms with Crippen LogP contribution in [0, 0.1) is 5.92 Å². The zero-order chi connectivity index (χ0) is 14.0. The van der Waals surface area contributed by atoms with Crippen LogP contribution in [0.3, 0.4) is 0 Å². The fourth-order valence-corrected chi connectivity index (χ4v) is 2.86. The summed E-state index contributed by atoms with van der Waals surface area (Å²) in [5, 5.41) is 8.48. The van der Waals surface area contributed by atoms with Crippen molar-refractivity contribution in [1.29, 1.82) is 0 Å². The highest BCUT2D eigenvalue weighted by Crippen LogP contribution is 2.34. The number of thioether (sulfide) groups is 1. The molecule has 0 aliphatic carbocycles. The molecular formula is C12H17NO4S. The first-order valence-electron chi connectivity index (χ1n) is 5.60. The summed E-state index contributed by atoms with van der Waals surface area (Å²) in [5.41, 5.74) is 0.482. The lowest BCUT2D eigenvalue weighted by Crippen LogP contribution is -2.31. The van der Waals surface area contributed by atoms with Gasteiger partial charge in [-0.1, -0.05) is 13.8 Å². The number of carbonyl (C=O) groups excluding carboxylic acids is 2. The van der Waals surface area contributed by atoms with E-state index < -0.39 is 12.4 Å². The van der Waals surface area contributed by atoms with Gasteiger partial charge in [-0.3, -0.25) is 14.4 Å². The van der Waals surface area contributed by atoms with E-state index in [4.69, 9.17) is 5.11 Å². The van der Waals surface area contributed by atoms with Gasteiger partial charge in [0.25, 0.3) is 5.91 Å². The van der Waals surface area contributed by atoms with Crippen LogP contribution in [0.2, 0.25) is 0 Å². The topological polar surface area (TPSA) is 74.7 Å². The number of Topliss-reactive ketones (excluding diaryl/α,β-unsaturated/α-hetero) is 1. The summed E-state index contributed by atoms with van der Waals surface area (Å²) in [6.45, 7) is 3.49. The van der Waals surface area contributed by atoms with E-state index in [0.717, 1.165) is 0 Å². The van der Waals surface area contributed by atoms with E-state index in [0.29, 0.717) is 5.57 Å². The van der Waals surface area contributed by atoms with E-state index in [1.807, 2.05) is 0 Å². The van der Waals surface area contributed by atoms with Crippen molar-refractivity contribution in [2.24, 2.45) is 5.92 Å². The first-order valence-corrected chi connectivity index (χ1v) is 6.89. The normalized spacial score (nSPS) is 19.9. The Labute approximate surface area is 110 Å². The minimum absolute atomic E-state index is 0.128. The summed E-state index contributed by atoms with van der Waals surface area (Å²) in [4.78, 5) is 36.4. The molecule has 0 fully saturated rings. The molecule has 1 atom stereocenters. The number of hydrogen-bond donors (Lipinski definition) is 1. The third kappa shape index (κ3) is 2.58. The van der Waals surface area contributed by atoms with Gasteiger partial charge in [-0.2, -0.15) is 0 Å². The highest BCUT2D eigenvalue weighted by atomic mass is 32.2. The summed E-state index contributed by atoms with van der Waals surface area (Å²) < 4.78 is 0. The highest BCUT2D eigenvalue weighted by Gasteiger charge is 2.40. The molecule has 1 rings (SSSR count). The molecule has 0 bridgehead atoms. The number of nitrogens with zero attached hydrogens (tertiary/aromatic N) is 1. The Kier molecular flexibility index (Phi) is 4.56. The number of rotatable bonds is 5. The number of ketones is 1. The fraction of sp³-hybridized carbons (Fsp3) is 0.583. The van der Waals surface area contributed by atoms with Gasteiger partial charge in [0.2, 0.25) is 0 Å². The lowest BCUT2D eigenvalue weighted by Gasteiger charge is -2.21. The van der Waals surface area contributed by atoms with Crippen LogP contribution in [0.4, 0.5) is 0 Å². The van der Waals surface area contributed by atoms with Crippen molar-refractivity contribution in [3.8, 4) is 0 Å². The average molecular weight is 271 g/mol. The molecule has 5 nitrogen and oxygen atoms in total. The van der Waals surface area contributed by atoms with Crippen molar-refractivity contribution in [3.63, 3.8) is 0 Å². The summed E-state index contributed by atoms with van der Waals surface area (Å²) in [5.74, 6) is -1.86. The van der Waals surface area contributed by atoms with Gasteiger partial charge >= 0.3 is 5.97 Å². The van der Waals surface area contributed by atoms with E-state index in [1.54, 1.807) is 27.2 Å². The Morgan fingerprint density at radius 1 is 1.44 bits per heavy atom. The minimum Gasteiger partial charge on any atom is -0.481 e. The molecule has 1 N–H and O–H groups in total. The quantitative estimate of drug-likeness (QED) is 0.811. The van der Waals surface area contributed by atoms with Crippen LogP contribution in [-0.2, 0) is 14.4 Å². The number of carbonyl (C=O) groups is 3. The van der Waals surface area contributed by atoms with Gasteiger partial charge in [-0.15, -0.1) is 11.8 Å². The van der Waals surface area contributed by atoms with Crippen LogP contribution in [0.25, 0.3) is 0 Å². The summed E-state index contributed by atoms with van der Waals surface area (Å²) in [6.07, 6.45) is 1.40.